The number of likely N-dealkylation sites (tertiary alicyclic amines) is 1. The molecule has 1 aliphatic carbocycles. The monoisotopic (exact) mass is 566 g/mol. The maximum Gasteiger partial charge on any atom is 0.335 e. The molecule has 3 aromatic rings. The van der Waals surface area contributed by atoms with Crippen LogP contribution < -0.4 is 0 Å². The number of urea groups is 1. The Kier molecular flexibility index (Phi) is 8.56. The predicted octanol–water partition coefficient (Wildman–Crippen LogP) is 6.78. The quantitative estimate of drug-likeness (QED) is 0.325. The summed E-state index contributed by atoms with van der Waals surface area (Å²) >= 11 is 0. The van der Waals surface area contributed by atoms with E-state index in [2.05, 4.69) is 41.0 Å². The largest absolute Gasteiger partial charge is 0.478 e. The first-order chi connectivity index (χ1) is 20.5. The van der Waals surface area contributed by atoms with Crippen molar-refractivity contribution in [1.82, 2.24) is 19.7 Å². The zero-order valence-corrected chi connectivity index (χ0v) is 24.6. The Bertz CT molecular complexity index is 1400. The zero-order chi connectivity index (χ0) is 29.1. The van der Waals surface area contributed by atoms with Crippen molar-refractivity contribution in [2.75, 3.05) is 19.6 Å². The number of aryl methyl sites for hydroxylation is 1. The fourth-order valence-corrected chi connectivity index (χ4v) is 7.18. The van der Waals surface area contributed by atoms with Crippen LogP contribution in [0.3, 0.4) is 0 Å². The van der Waals surface area contributed by atoms with Crippen molar-refractivity contribution in [3.8, 4) is 0 Å². The van der Waals surface area contributed by atoms with Gasteiger partial charge in [0.1, 0.15) is 0 Å². The van der Waals surface area contributed by atoms with Gasteiger partial charge in [0.15, 0.2) is 0 Å². The molecule has 2 amide bonds. The highest BCUT2D eigenvalue weighted by Crippen LogP contribution is 2.36. The van der Waals surface area contributed by atoms with Gasteiger partial charge >= 0.3 is 12.0 Å². The summed E-state index contributed by atoms with van der Waals surface area (Å²) in [5.74, 6) is -0.329. The summed E-state index contributed by atoms with van der Waals surface area (Å²) in [5.41, 5.74) is 5.97. The molecule has 0 bridgehead atoms. The van der Waals surface area contributed by atoms with E-state index in [9.17, 15) is 14.7 Å². The van der Waals surface area contributed by atoms with Gasteiger partial charge in [-0.1, -0.05) is 67.8 Å². The number of amides is 2. The maximum atomic E-state index is 13.9. The van der Waals surface area contributed by atoms with Gasteiger partial charge in [-0.25, -0.2) is 9.59 Å². The lowest BCUT2D eigenvalue weighted by Crippen LogP contribution is -2.47. The number of rotatable bonds is 8. The van der Waals surface area contributed by atoms with Crippen molar-refractivity contribution >= 4 is 12.0 Å². The third kappa shape index (κ3) is 6.21. The van der Waals surface area contributed by atoms with Gasteiger partial charge in [0, 0.05) is 56.1 Å². The SMILES string of the molecule is Cc1nc(C2CCCCC2)ccc1CN1CCC(N2C(=O)N(Cc3cccc(C(=O)O)c3)C[C@H]2c2ccccc2)CC1. The molecule has 220 valence electrons. The Morgan fingerprint density at radius 2 is 1.67 bits per heavy atom. The van der Waals surface area contributed by atoms with E-state index in [-0.39, 0.29) is 23.7 Å². The number of nitrogens with zero attached hydrogens (tertiary/aromatic N) is 4. The highest BCUT2D eigenvalue weighted by molar-refractivity contribution is 5.87. The molecule has 1 N–H and O–H groups in total. The molecular weight excluding hydrogens is 524 g/mol. The Balaban J connectivity index is 1.12. The molecule has 3 fully saturated rings. The normalized spacial score (nSPS) is 20.8. The first-order valence-electron chi connectivity index (χ1n) is 15.6. The molecule has 2 saturated heterocycles. The molecule has 1 saturated carbocycles. The molecule has 3 aliphatic rings. The van der Waals surface area contributed by atoms with Crippen LogP contribution in [0.4, 0.5) is 4.79 Å². The van der Waals surface area contributed by atoms with E-state index in [4.69, 9.17) is 4.98 Å². The molecule has 7 nitrogen and oxygen atoms in total. The summed E-state index contributed by atoms with van der Waals surface area (Å²) in [5, 5.41) is 9.42. The van der Waals surface area contributed by atoms with Crippen molar-refractivity contribution in [2.45, 2.75) is 83.0 Å². The van der Waals surface area contributed by atoms with Crippen LogP contribution in [-0.4, -0.2) is 62.5 Å². The number of aromatic nitrogens is 1. The molecule has 2 aromatic carbocycles. The van der Waals surface area contributed by atoms with Crippen LogP contribution in [0.25, 0.3) is 0 Å². The van der Waals surface area contributed by atoms with E-state index in [1.54, 1.807) is 18.2 Å². The molecule has 0 unspecified atom stereocenters. The van der Waals surface area contributed by atoms with Crippen molar-refractivity contribution < 1.29 is 14.7 Å². The van der Waals surface area contributed by atoms with E-state index < -0.39 is 5.97 Å². The summed E-state index contributed by atoms with van der Waals surface area (Å²) in [6.07, 6.45) is 8.41. The summed E-state index contributed by atoms with van der Waals surface area (Å²) in [6.45, 7) is 5.95. The maximum absolute atomic E-state index is 13.9. The highest BCUT2D eigenvalue weighted by Gasteiger charge is 2.42. The molecular formula is C35H42N4O3. The minimum atomic E-state index is -0.953. The number of carboxylic acids is 1. The van der Waals surface area contributed by atoms with Crippen molar-refractivity contribution in [2.24, 2.45) is 0 Å². The van der Waals surface area contributed by atoms with E-state index in [0.717, 1.165) is 49.3 Å². The van der Waals surface area contributed by atoms with Crippen molar-refractivity contribution in [1.29, 1.82) is 0 Å². The van der Waals surface area contributed by atoms with Gasteiger partial charge in [0.05, 0.1) is 11.6 Å². The van der Waals surface area contributed by atoms with E-state index in [1.165, 1.54) is 43.4 Å². The average Bonchev–Trinajstić information content (AvgIpc) is 3.34. The first kappa shape index (κ1) is 28.4. The summed E-state index contributed by atoms with van der Waals surface area (Å²) in [4.78, 5) is 36.9. The van der Waals surface area contributed by atoms with Crippen molar-refractivity contribution in [3.63, 3.8) is 0 Å². The predicted molar refractivity (Wildman–Crippen MR) is 163 cm³/mol. The van der Waals surface area contributed by atoms with Gasteiger partial charge in [-0.05, 0) is 67.5 Å². The van der Waals surface area contributed by atoms with Gasteiger partial charge < -0.3 is 14.9 Å². The fraction of sp³-hybridized carbons (Fsp3) is 0.457. The van der Waals surface area contributed by atoms with Crippen LogP contribution in [-0.2, 0) is 13.1 Å². The standard InChI is InChI=1S/C35H42N4O3/c1-25-30(15-16-32(36-25)27-10-4-2-5-11-27)23-37-19-17-31(18-20-37)39-33(28-12-6-3-7-13-28)24-38(35(39)42)22-26-9-8-14-29(21-26)34(40)41/h3,6-9,12-16,21,27,31,33H,2,4-5,10-11,17-20,22-24H2,1H3,(H,40,41)/t33-/m0/s1. The summed E-state index contributed by atoms with van der Waals surface area (Å²) in [6, 6.07) is 22.0. The Morgan fingerprint density at radius 3 is 2.38 bits per heavy atom. The number of pyridine rings is 1. The molecule has 0 spiro atoms. The molecule has 6 rings (SSSR count). The molecule has 7 heteroatoms. The smallest absolute Gasteiger partial charge is 0.335 e. The fourth-order valence-electron chi connectivity index (χ4n) is 7.18. The number of aromatic carboxylic acids is 1. The number of carbonyl (C=O) groups excluding carboxylic acids is 1. The van der Waals surface area contributed by atoms with E-state index in [1.807, 2.05) is 29.2 Å². The molecule has 0 radical (unpaired) electrons. The third-order valence-corrected chi connectivity index (χ3v) is 9.54. The molecule has 3 heterocycles. The van der Waals surface area contributed by atoms with Crippen LogP contribution in [0.1, 0.15) is 95.3 Å². The van der Waals surface area contributed by atoms with Gasteiger partial charge in [-0.2, -0.15) is 0 Å². The Labute approximate surface area is 249 Å². The van der Waals surface area contributed by atoms with E-state index in [0.29, 0.717) is 19.0 Å². The van der Waals surface area contributed by atoms with Crippen molar-refractivity contribution in [3.05, 3.63) is 100 Å². The van der Waals surface area contributed by atoms with Crippen LogP contribution in [0.2, 0.25) is 0 Å². The molecule has 1 aromatic heterocycles. The molecule has 1 atom stereocenters. The third-order valence-electron chi connectivity index (χ3n) is 9.54. The summed E-state index contributed by atoms with van der Waals surface area (Å²) in [7, 11) is 0. The van der Waals surface area contributed by atoms with Crippen LogP contribution >= 0.6 is 0 Å². The van der Waals surface area contributed by atoms with Gasteiger partial charge in [-0.15, -0.1) is 0 Å². The number of piperidine rings is 1. The first-order valence-corrected chi connectivity index (χ1v) is 15.6. The highest BCUT2D eigenvalue weighted by atomic mass is 16.4. The lowest BCUT2D eigenvalue weighted by atomic mass is 9.86. The van der Waals surface area contributed by atoms with Crippen LogP contribution in [0.15, 0.2) is 66.7 Å². The number of hydrogen-bond acceptors (Lipinski definition) is 4. The van der Waals surface area contributed by atoms with Crippen LogP contribution in [0, 0.1) is 6.92 Å². The second-order valence-corrected chi connectivity index (χ2v) is 12.3. The average molecular weight is 567 g/mol. The van der Waals surface area contributed by atoms with Gasteiger partial charge in [-0.3, -0.25) is 9.88 Å². The van der Waals surface area contributed by atoms with Crippen LogP contribution in [0.5, 0.6) is 0 Å². The lowest BCUT2D eigenvalue weighted by Gasteiger charge is -2.39. The Morgan fingerprint density at radius 1 is 0.905 bits per heavy atom. The second-order valence-electron chi connectivity index (χ2n) is 12.3. The minimum Gasteiger partial charge on any atom is -0.478 e. The number of hydrogen-bond donors (Lipinski definition) is 1. The lowest BCUT2D eigenvalue weighted by molar-refractivity contribution is 0.0696. The number of carbonyl (C=O) groups is 2. The topological polar surface area (TPSA) is 77.0 Å². The zero-order valence-electron chi connectivity index (χ0n) is 24.6. The number of benzene rings is 2. The summed E-state index contributed by atoms with van der Waals surface area (Å²) < 4.78 is 0. The van der Waals surface area contributed by atoms with Gasteiger partial charge in [0.25, 0.3) is 0 Å². The number of carboxylic acid groups (broad SMARTS) is 1. The van der Waals surface area contributed by atoms with Gasteiger partial charge in [0.2, 0.25) is 0 Å². The molecule has 2 aliphatic heterocycles. The second kappa shape index (κ2) is 12.7. The Hall–Kier alpha value is -3.71. The minimum absolute atomic E-state index is 0.0170. The van der Waals surface area contributed by atoms with E-state index >= 15 is 0 Å². The molecule has 42 heavy (non-hydrogen) atoms.